The molecule has 0 amide bonds. The number of nitrogens with zero attached hydrogens (tertiary/aromatic N) is 1. The molecule has 1 fully saturated rings. The smallest absolute Gasteiger partial charge is 0.264 e. The van der Waals surface area contributed by atoms with E-state index < -0.39 is 6.43 Å². The topological polar surface area (TPSA) is 38.5 Å². The second-order valence-electron chi connectivity index (χ2n) is 5.06. The van der Waals surface area contributed by atoms with Gasteiger partial charge in [0, 0.05) is 23.7 Å². The van der Waals surface area contributed by atoms with Crippen LogP contribution in [0.25, 0.3) is 0 Å². The molecule has 0 radical (unpaired) electrons. The van der Waals surface area contributed by atoms with Crippen LogP contribution in [0, 0.1) is 5.92 Å². The average Bonchev–Trinajstić information content (AvgIpc) is 2.78. The molecule has 1 saturated heterocycles. The van der Waals surface area contributed by atoms with Crippen LogP contribution in [0.2, 0.25) is 0 Å². The second kappa shape index (κ2) is 5.84. The van der Waals surface area contributed by atoms with Crippen LogP contribution in [0.4, 0.5) is 8.78 Å². The molecular formula is C14H20F2N2O. The second-order valence-corrected chi connectivity index (χ2v) is 5.06. The van der Waals surface area contributed by atoms with E-state index in [4.69, 9.17) is 10.5 Å². The lowest BCUT2D eigenvalue weighted by atomic mass is 9.95. The molecule has 0 spiro atoms. The predicted octanol–water partition coefficient (Wildman–Crippen LogP) is 2.58. The SMILES string of the molecule is COc1cccc(C(F)F)c1C1CC(CN)CN1C. The molecule has 0 aliphatic carbocycles. The van der Waals surface area contributed by atoms with Crippen molar-refractivity contribution in [3.8, 4) is 5.75 Å². The van der Waals surface area contributed by atoms with E-state index in [1.165, 1.54) is 13.2 Å². The highest BCUT2D eigenvalue weighted by Crippen LogP contribution is 2.42. The molecule has 5 heteroatoms. The maximum atomic E-state index is 13.2. The van der Waals surface area contributed by atoms with Crippen molar-refractivity contribution in [3.63, 3.8) is 0 Å². The van der Waals surface area contributed by atoms with Gasteiger partial charge in [-0.05, 0) is 32.0 Å². The maximum Gasteiger partial charge on any atom is 0.264 e. The lowest BCUT2D eigenvalue weighted by Crippen LogP contribution is -2.21. The molecule has 2 rings (SSSR count). The first kappa shape index (κ1) is 14.2. The van der Waals surface area contributed by atoms with Gasteiger partial charge in [0.25, 0.3) is 6.43 Å². The standard InChI is InChI=1S/C14H20F2N2O/c1-18-8-9(7-17)6-11(18)13-10(14(15)16)4-3-5-12(13)19-2/h3-5,9,11,14H,6-8,17H2,1-2H3. The van der Waals surface area contributed by atoms with Gasteiger partial charge in [-0.3, -0.25) is 4.90 Å². The van der Waals surface area contributed by atoms with Crippen LogP contribution in [0.1, 0.15) is 30.0 Å². The minimum atomic E-state index is -2.49. The monoisotopic (exact) mass is 270 g/mol. The van der Waals surface area contributed by atoms with E-state index in [2.05, 4.69) is 4.90 Å². The zero-order chi connectivity index (χ0) is 14.0. The van der Waals surface area contributed by atoms with E-state index in [9.17, 15) is 8.78 Å². The number of methoxy groups -OCH3 is 1. The van der Waals surface area contributed by atoms with E-state index in [0.717, 1.165) is 13.0 Å². The van der Waals surface area contributed by atoms with Crippen molar-refractivity contribution < 1.29 is 13.5 Å². The lowest BCUT2D eigenvalue weighted by Gasteiger charge is -2.24. The summed E-state index contributed by atoms with van der Waals surface area (Å²) in [6.45, 7) is 1.42. The molecule has 1 heterocycles. The number of hydrogen-bond donors (Lipinski definition) is 1. The van der Waals surface area contributed by atoms with Gasteiger partial charge in [-0.15, -0.1) is 0 Å². The minimum absolute atomic E-state index is 0.0475. The Bertz CT molecular complexity index is 439. The molecular weight excluding hydrogens is 250 g/mol. The lowest BCUT2D eigenvalue weighted by molar-refractivity contribution is 0.147. The zero-order valence-corrected chi connectivity index (χ0v) is 11.3. The van der Waals surface area contributed by atoms with Gasteiger partial charge in [0.15, 0.2) is 0 Å². The highest BCUT2D eigenvalue weighted by Gasteiger charge is 2.34. The Hall–Kier alpha value is -1.20. The zero-order valence-electron chi connectivity index (χ0n) is 11.3. The summed E-state index contributed by atoms with van der Waals surface area (Å²) in [7, 11) is 3.46. The van der Waals surface area contributed by atoms with Gasteiger partial charge in [-0.1, -0.05) is 12.1 Å². The number of benzene rings is 1. The van der Waals surface area contributed by atoms with Crippen molar-refractivity contribution in [2.75, 3.05) is 27.2 Å². The van der Waals surface area contributed by atoms with Crippen molar-refractivity contribution in [2.24, 2.45) is 11.7 Å². The average molecular weight is 270 g/mol. The summed E-state index contributed by atoms with van der Waals surface area (Å²) in [5, 5.41) is 0. The molecule has 1 aromatic carbocycles. The van der Waals surface area contributed by atoms with Crippen LogP contribution in [-0.4, -0.2) is 32.1 Å². The first-order valence-corrected chi connectivity index (χ1v) is 6.43. The summed E-state index contributed by atoms with van der Waals surface area (Å²) < 4.78 is 31.7. The third-order valence-electron chi connectivity index (χ3n) is 3.86. The van der Waals surface area contributed by atoms with E-state index in [0.29, 0.717) is 23.8 Å². The van der Waals surface area contributed by atoms with Gasteiger partial charge in [-0.25, -0.2) is 8.78 Å². The normalized spacial score (nSPS) is 24.1. The molecule has 2 unspecified atom stereocenters. The van der Waals surface area contributed by atoms with Crippen molar-refractivity contribution in [1.29, 1.82) is 0 Å². The van der Waals surface area contributed by atoms with Crippen molar-refractivity contribution in [2.45, 2.75) is 18.9 Å². The quantitative estimate of drug-likeness (QED) is 0.914. The van der Waals surface area contributed by atoms with E-state index >= 15 is 0 Å². The van der Waals surface area contributed by atoms with Crippen molar-refractivity contribution >= 4 is 0 Å². The molecule has 3 nitrogen and oxygen atoms in total. The van der Waals surface area contributed by atoms with Crippen LogP contribution in [0.5, 0.6) is 5.75 Å². The Morgan fingerprint density at radius 2 is 2.21 bits per heavy atom. The molecule has 1 aliphatic rings. The molecule has 2 N–H and O–H groups in total. The third kappa shape index (κ3) is 2.72. The van der Waals surface area contributed by atoms with Gasteiger partial charge in [-0.2, -0.15) is 0 Å². The number of hydrogen-bond acceptors (Lipinski definition) is 3. The number of alkyl halides is 2. The van der Waals surface area contributed by atoms with E-state index in [1.807, 2.05) is 7.05 Å². The predicted molar refractivity (Wildman–Crippen MR) is 70.5 cm³/mol. The first-order valence-electron chi connectivity index (χ1n) is 6.43. The number of nitrogens with two attached hydrogens (primary N) is 1. The molecule has 19 heavy (non-hydrogen) atoms. The number of halogens is 2. The summed E-state index contributed by atoms with van der Waals surface area (Å²) in [5.41, 5.74) is 6.37. The fourth-order valence-corrected chi connectivity index (χ4v) is 2.90. The van der Waals surface area contributed by atoms with Crippen LogP contribution in [0.3, 0.4) is 0 Å². The Labute approximate surface area is 112 Å². The minimum Gasteiger partial charge on any atom is -0.496 e. The summed E-state index contributed by atoms with van der Waals surface area (Å²) in [6.07, 6.45) is -1.69. The number of likely N-dealkylation sites (tertiary alicyclic amines) is 1. The van der Waals surface area contributed by atoms with Crippen molar-refractivity contribution in [3.05, 3.63) is 29.3 Å². The first-order chi connectivity index (χ1) is 9.08. The Morgan fingerprint density at radius 1 is 1.47 bits per heavy atom. The highest BCUT2D eigenvalue weighted by atomic mass is 19.3. The highest BCUT2D eigenvalue weighted by molar-refractivity contribution is 5.43. The summed E-state index contributed by atoms with van der Waals surface area (Å²) in [5.74, 6) is 0.887. The van der Waals surface area contributed by atoms with Crippen LogP contribution in [0.15, 0.2) is 18.2 Å². The molecule has 0 saturated carbocycles. The molecule has 1 aromatic rings. The Kier molecular flexibility index (Phi) is 4.37. The van der Waals surface area contributed by atoms with E-state index in [1.54, 1.807) is 12.1 Å². The largest absolute Gasteiger partial charge is 0.496 e. The van der Waals surface area contributed by atoms with Gasteiger partial charge >= 0.3 is 0 Å². The fraction of sp³-hybridized carbons (Fsp3) is 0.571. The number of ether oxygens (including phenoxy) is 1. The van der Waals surface area contributed by atoms with Gasteiger partial charge in [0.2, 0.25) is 0 Å². The summed E-state index contributed by atoms with van der Waals surface area (Å²) in [4.78, 5) is 2.08. The molecule has 2 atom stereocenters. The van der Waals surface area contributed by atoms with Crippen molar-refractivity contribution in [1.82, 2.24) is 4.90 Å². The fourth-order valence-electron chi connectivity index (χ4n) is 2.90. The van der Waals surface area contributed by atoms with Crippen LogP contribution >= 0.6 is 0 Å². The van der Waals surface area contributed by atoms with Gasteiger partial charge < -0.3 is 10.5 Å². The number of rotatable bonds is 4. The van der Waals surface area contributed by atoms with Gasteiger partial charge in [0.1, 0.15) is 5.75 Å². The van der Waals surface area contributed by atoms with Gasteiger partial charge in [0.05, 0.1) is 7.11 Å². The maximum absolute atomic E-state index is 13.2. The molecule has 0 bridgehead atoms. The molecule has 0 aromatic heterocycles. The Morgan fingerprint density at radius 3 is 2.74 bits per heavy atom. The third-order valence-corrected chi connectivity index (χ3v) is 3.86. The van der Waals surface area contributed by atoms with Crippen LogP contribution < -0.4 is 10.5 Å². The van der Waals surface area contributed by atoms with Crippen LogP contribution in [-0.2, 0) is 0 Å². The molecule has 1 aliphatic heterocycles. The summed E-state index contributed by atoms with van der Waals surface area (Å²) in [6, 6.07) is 4.78. The molecule has 106 valence electrons. The Balaban J connectivity index is 2.42. The van der Waals surface area contributed by atoms with E-state index in [-0.39, 0.29) is 11.6 Å². The summed E-state index contributed by atoms with van der Waals surface area (Å²) >= 11 is 0.